The zero-order valence-corrected chi connectivity index (χ0v) is 11.4. The molecule has 0 aliphatic rings. The number of aromatic nitrogens is 1. The summed E-state index contributed by atoms with van der Waals surface area (Å²) >= 11 is 0. The second-order valence-corrected chi connectivity index (χ2v) is 4.68. The molecule has 19 heavy (non-hydrogen) atoms. The lowest BCUT2D eigenvalue weighted by molar-refractivity contribution is 0.180. The Morgan fingerprint density at radius 3 is 2.58 bits per heavy atom. The van der Waals surface area contributed by atoms with E-state index in [9.17, 15) is 0 Å². The minimum absolute atomic E-state index is 0.0901. The van der Waals surface area contributed by atoms with Crippen LogP contribution in [0.4, 0.5) is 0 Å². The van der Waals surface area contributed by atoms with Crippen LogP contribution in [0.1, 0.15) is 31.1 Å². The fraction of sp³-hybridized carbons (Fsp3) is 0.312. The Morgan fingerprint density at radius 2 is 1.95 bits per heavy atom. The molecule has 0 amide bonds. The fourth-order valence-electron chi connectivity index (χ4n) is 2.02. The predicted molar refractivity (Wildman–Crippen MR) is 77.1 cm³/mol. The van der Waals surface area contributed by atoms with Crippen molar-refractivity contribution in [2.24, 2.45) is 5.73 Å². The van der Waals surface area contributed by atoms with Crippen LogP contribution in [0.5, 0.6) is 5.75 Å². The highest BCUT2D eigenvalue weighted by molar-refractivity contribution is 5.29. The molecule has 2 atom stereocenters. The van der Waals surface area contributed by atoms with Crippen LogP contribution in [0.25, 0.3) is 0 Å². The van der Waals surface area contributed by atoms with Gasteiger partial charge in [-0.3, -0.25) is 4.98 Å². The predicted octanol–water partition coefficient (Wildman–Crippen LogP) is 3.11. The number of ether oxygens (including phenoxy) is 1. The molecular formula is C16H20N2O. The smallest absolute Gasteiger partial charge is 0.139 e. The zero-order valence-electron chi connectivity index (χ0n) is 11.4. The Morgan fingerprint density at radius 1 is 1.21 bits per heavy atom. The van der Waals surface area contributed by atoms with Crippen LogP contribution in [0, 0.1) is 0 Å². The maximum Gasteiger partial charge on any atom is 0.139 e. The van der Waals surface area contributed by atoms with E-state index in [-0.39, 0.29) is 12.1 Å². The van der Waals surface area contributed by atoms with Gasteiger partial charge in [0.05, 0.1) is 0 Å². The van der Waals surface area contributed by atoms with Gasteiger partial charge in [-0.25, -0.2) is 0 Å². The molecule has 100 valence electrons. The van der Waals surface area contributed by atoms with Crippen molar-refractivity contribution in [2.45, 2.75) is 32.4 Å². The van der Waals surface area contributed by atoms with E-state index in [1.54, 1.807) is 12.4 Å². The number of pyridine rings is 1. The van der Waals surface area contributed by atoms with Gasteiger partial charge < -0.3 is 10.5 Å². The fourth-order valence-corrected chi connectivity index (χ4v) is 2.02. The van der Waals surface area contributed by atoms with Gasteiger partial charge in [0.15, 0.2) is 0 Å². The van der Waals surface area contributed by atoms with E-state index >= 15 is 0 Å². The van der Waals surface area contributed by atoms with Gasteiger partial charge in [-0.2, -0.15) is 0 Å². The SMILES string of the molecule is CCc1cccc(OC(c2ccncc2)C(C)N)c1. The van der Waals surface area contributed by atoms with Gasteiger partial charge in [-0.1, -0.05) is 19.1 Å². The molecule has 2 unspecified atom stereocenters. The summed E-state index contributed by atoms with van der Waals surface area (Å²) in [5.74, 6) is 0.860. The van der Waals surface area contributed by atoms with E-state index in [0.29, 0.717) is 0 Å². The number of benzene rings is 1. The van der Waals surface area contributed by atoms with E-state index < -0.39 is 0 Å². The van der Waals surface area contributed by atoms with Crippen LogP contribution in [0.2, 0.25) is 0 Å². The summed E-state index contributed by atoms with van der Waals surface area (Å²) in [5.41, 5.74) is 8.35. The molecule has 3 nitrogen and oxygen atoms in total. The summed E-state index contributed by atoms with van der Waals surface area (Å²) in [6.07, 6.45) is 4.36. The topological polar surface area (TPSA) is 48.1 Å². The number of hydrogen-bond acceptors (Lipinski definition) is 3. The van der Waals surface area contributed by atoms with Gasteiger partial charge in [0.2, 0.25) is 0 Å². The number of aryl methyl sites for hydroxylation is 1. The first kappa shape index (κ1) is 13.6. The minimum Gasteiger partial charge on any atom is -0.484 e. The summed E-state index contributed by atoms with van der Waals surface area (Å²) in [5, 5.41) is 0. The van der Waals surface area contributed by atoms with Crippen LogP contribution in [-0.2, 0) is 6.42 Å². The Labute approximate surface area is 114 Å². The van der Waals surface area contributed by atoms with E-state index in [1.807, 2.05) is 31.2 Å². The maximum absolute atomic E-state index is 6.05. The summed E-state index contributed by atoms with van der Waals surface area (Å²) in [6.45, 7) is 4.08. The molecule has 3 heteroatoms. The zero-order chi connectivity index (χ0) is 13.7. The molecule has 0 saturated heterocycles. The normalized spacial score (nSPS) is 13.8. The first-order valence-electron chi connectivity index (χ1n) is 6.61. The standard InChI is InChI=1S/C16H20N2O/c1-3-13-5-4-6-15(11-13)19-16(12(2)17)14-7-9-18-10-8-14/h4-12,16H,3,17H2,1-2H3. The maximum atomic E-state index is 6.05. The molecule has 0 saturated carbocycles. The molecule has 1 aromatic carbocycles. The van der Waals surface area contributed by atoms with Crippen LogP contribution in [0.15, 0.2) is 48.8 Å². The van der Waals surface area contributed by atoms with E-state index in [2.05, 4.69) is 24.0 Å². The van der Waals surface area contributed by atoms with Crippen LogP contribution >= 0.6 is 0 Å². The first-order valence-corrected chi connectivity index (χ1v) is 6.61. The number of nitrogens with zero attached hydrogens (tertiary/aromatic N) is 1. The third-order valence-electron chi connectivity index (χ3n) is 3.08. The highest BCUT2D eigenvalue weighted by atomic mass is 16.5. The van der Waals surface area contributed by atoms with Crippen molar-refractivity contribution in [3.05, 3.63) is 59.9 Å². The lowest BCUT2D eigenvalue weighted by Gasteiger charge is -2.23. The van der Waals surface area contributed by atoms with E-state index in [4.69, 9.17) is 10.5 Å². The molecule has 0 radical (unpaired) electrons. The second-order valence-electron chi connectivity index (χ2n) is 4.68. The van der Waals surface area contributed by atoms with Gasteiger partial charge in [-0.15, -0.1) is 0 Å². The molecular weight excluding hydrogens is 236 g/mol. The molecule has 0 spiro atoms. The number of hydrogen-bond donors (Lipinski definition) is 1. The molecule has 0 bridgehead atoms. The van der Waals surface area contributed by atoms with Crippen molar-refractivity contribution in [3.8, 4) is 5.75 Å². The molecule has 1 heterocycles. The van der Waals surface area contributed by atoms with Crippen molar-refractivity contribution in [1.29, 1.82) is 0 Å². The van der Waals surface area contributed by atoms with Gasteiger partial charge in [0.1, 0.15) is 11.9 Å². The number of rotatable bonds is 5. The second kappa shape index (κ2) is 6.34. The third kappa shape index (κ3) is 3.55. The molecule has 0 aliphatic heterocycles. The molecule has 0 fully saturated rings. The van der Waals surface area contributed by atoms with Crippen molar-refractivity contribution in [1.82, 2.24) is 4.98 Å². The molecule has 2 aromatic rings. The number of nitrogens with two attached hydrogens (primary N) is 1. The Kier molecular flexibility index (Phi) is 4.53. The largest absolute Gasteiger partial charge is 0.484 e. The molecule has 2 N–H and O–H groups in total. The molecule has 0 aliphatic carbocycles. The molecule has 1 aromatic heterocycles. The highest BCUT2D eigenvalue weighted by Gasteiger charge is 2.18. The van der Waals surface area contributed by atoms with Crippen molar-refractivity contribution >= 4 is 0 Å². The highest BCUT2D eigenvalue weighted by Crippen LogP contribution is 2.24. The lowest BCUT2D eigenvalue weighted by Crippen LogP contribution is -2.29. The third-order valence-corrected chi connectivity index (χ3v) is 3.08. The van der Waals surface area contributed by atoms with E-state index in [1.165, 1.54) is 5.56 Å². The van der Waals surface area contributed by atoms with Gasteiger partial charge in [0.25, 0.3) is 0 Å². The van der Waals surface area contributed by atoms with Crippen LogP contribution in [0.3, 0.4) is 0 Å². The van der Waals surface area contributed by atoms with Crippen molar-refractivity contribution in [2.75, 3.05) is 0 Å². The van der Waals surface area contributed by atoms with Crippen molar-refractivity contribution in [3.63, 3.8) is 0 Å². The quantitative estimate of drug-likeness (QED) is 0.894. The first-order chi connectivity index (χ1) is 9.20. The average molecular weight is 256 g/mol. The molecule has 2 rings (SSSR count). The van der Waals surface area contributed by atoms with Gasteiger partial charge in [-0.05, 0) is 48.7 Å². The van der Waals surface area contributed by atoms with Crippen molar-refractivity contribution < 1.29 is 4.74 Å². The van der Waals surface area contributed by atoms with Gasteiger partial charge >= 0.3 is 0 Å². The summed E-state index contributed by atoms with van der Waals surface area (Å²) in [7, 11) is 0. The summed E-state index contributed by atoms with van der Waals surface area (Å²) in [4.78, 5) is 4.03. The Hall–Kier alpha value is -1.87. The summed E-state index contributed by atoms with van der Waals surface area (Å²) in [6, 6.07) is 11.9. The lowest BCUT2D eigenvalue weighted by atomic mass is 10.1. The monoisotopic (exact) mass is 256 g/mol. The minimum atomic E-state index is -0.157. The van der Waals surface area contributed by atoms with Crippen LogP contribution < -0.4 is 10.5 Å². The average Bonchev–Trinajstić information content (AvgIpc) is 2.45. The summed E-state index contributed by atoms with van der Waals surface area (Å²) < 4.78 is 6.05. The van der Waals surface area contributed by atoms with Gasteiger partial charge in [0, 0.05) is 18.4 Å². The van der Waals surface area contributed by atoms with Crippen LogP contribution in [-0.4, -0.2) is 11.0 Å². The Balaban J connectivity index is 2.21. The Bertz CT molecular complexity index is 511. The van der Waals surface area contributed by atoms with E-state index in [0.717, 1.165) is 17.7 Å².